The van der Waals surface area contributed by atoms with Crippen molar-refractivity contribution in [1.29, 1.82) is 0 Å². The molecule has 2 N–H and O–H groups in total. The lowest BCUT2D eigenvalue weighted by Crippen LogP contribution is -2.48. The first-order chi connectivity index (χ1) is 8.59. The standard InChI is InChI=1S/C13H17FN2O2/c1-9(15)13(17)16-6-7-18-12(8-16)10-4-2-3-5-11(10)14/h2-5,9,12H,6-8,15H2,1H3/t9-,12?/m0/s1. The summed E-state index contributed by atoms with van der Waals surface area (Å²) >= 11 is 0. The van der Waals surface area contributed by atoms with Crippen molar-refractivity contribution in [2.45, 2.75) is 19.1 Å². The summed E-state index contributed by atoms with van der Waals surface area (Å²) in [4.78, 5) is 13.4. The molecule has 0 radical (unpaired) electrons. The average Bonchev–Trinajstić information content (AvgIpc) is 2.38. The molecule has 0 aliphatic carbocycles. The minimum atomic E-state index is -0.538. The smallest absolute Gasteiger partial charge is 0.239 e. The van der Waals surface area contributed by atoms with Gasteiger partial charge in [0.2, 0.25) is 5.91 Å². The largest absolute Gasteiger partial charge is 0.370 e. The molecule has 1 fully saturated rings. The lowest BCUT2D eigenvalue weighted by molar-refractivity contribution is -0.140. The zero-order valence-electron chi connectivity index (χ0n) is 10.3. The van der Waals surface area contributed by atoms with Crippen molar-refractivity contribution in [2.24, 2.45) is 5.73 Å². The highest BCUT2D eigenvalue weighted by Crippen LogP contribution is 2.24. The number of hydrogen-bond acceptors (Lipinski definition) is 3. The maximum Gasteiger partial charge on any atom is 0.239 e. The van der Waals surface area contributed by atoms with E-state index in [0.29, 0.717) is 25.3 Å². The van der Waals surface area contributed by atoms with Gasteiger partial charge in [0, 0.05) is 12.1 Å². The van der Waals surface area contributed by atoms with E-state index in [9.17, 15) is 9.18 Å². The summed E-state index contributed by atoms with van der Waals surface area (Å²) < 4.78 is 19.2. The minimum absolute atomic E-state index is 0.125. The minimum Gasteiger partial charge on any atom is -0.370 e. The second-order valence-corrected chi connectivity index (χ2v) is 4.45. The summed E-state index contributed by atoms with van der Waals surface area (Å²) in [6.07, 6.45) is -0.414. The van der Waals surface area contributed by atoms with Gasteiger partial charge in [-0.1, -0.05) is 18.2 Å². The van der Waals surface area contributed by atoms with Crippen LogP contribution in [0, 0.1) is 5.82 Å². The van der Waals surface area contributed by atoms with Crippen LogP contribution in [0.15, 0.2) is 24.3 Å². The average molecular weight is 252 g/mol. The number of benzene rings is 1. The number of ether oxygens (including phenoxy) is 1. The molecule has 1 heterocycles. The molecule has 2 rings (SSSR count). The highest BCUT2D eigenvalue weighted by molar-refractivity contribution is 5.81. The molecule has 1 aliphatic rings. The van der Waals surface area contributed by atoms with Crippen molar-refractivity contribution < 1.29 is 13.9 Å². The van der Waals surface area contributed by atoms with Crippen LogP contribution in [0.3, 0.4) is 0 Å². The van der Waals surface area contributed by atoms with E-state index in [1.807, 2.05) is 0 Å². The van der Waals surface area contributed by atoms with Crippen LogP contribution in [-0.2, 0) is 9.53 Å². The Morgan fingerprint density at radius 2 is 2.28 bits per heavy atom. The van der Waals surface area contributed by atoms with Crippen LogP contribution < -0.4 is 5.73 Å². The summed E-state index contributed by atoms with van der Waals surface area (Å²) in [5.41, 5.74) is 6.06. The van der Waals surface area contributed by atoms with E-state index in [4.69, 9.17) is 10.5 Å². The molecule has 1 amide bonds. The summed E-state index contributed by atoms with van der Waals surface area (Å²) in [6, 6.07) is 5.93. The molecule has 0 bridgehead atoms. The maximum atomic E-state index is 13.7. The molecule has 5 heteroatoms. The molecule has 0 aromatic heterocycles. The van der Waals surface area contributed by atoms with E-state index in [0.717, 1.165) is 0 Å². The lowest BCUT2D eigenvalue weighted by atomic mass is 10.1. The topological polar surface area (TPSA) is 55.6 Å². The molecule has 1 aromatic rings. The van der Waals surface area contributed by atoms with Gasteiger partial charge in [0.15, 0.2) is 0 Å². The SMILES string of the molecule is C[C@H](N)C(=O)N1CCOC(c2ccccc2F)C1. The molecule has 2 atom stereocenters. The Kier molecular flexibility index (Phi) is 3.93. The number of rotatable bonds is 2. The molecule has 1 unspecified atom stereocenters. The van der Waals surface area contributed by atoms with Gasteiger partial charge in [-0.2, -0.15) is 0 Å². The first-order valence-corrected chi connectivity index (χ1v) is 6.00. The van der Waals surface area contributed by atoms with E-state index >= 15 is 0 Å². The van der Waals surface area contributed by atoms with Gasteiger partial charge in [-0.3, -0.25) is 4.79 Å². The fourth-order valence-electron chi connectivity index (χ4n) is 2.06. The molecule has 1 saturated heterocycles. The molecule has 4 nitrogen and oxygen atoms in total. The first kappa shape index (κ1) is 13.0. The number of carbonyl (C=O) groups excluding carboxylic acids is 1. The van der Waals surface area contributed by atoms with Crippen LogP contribution in [-0.4, -0.2) is 36.5 Å². The summed E-state index contributed by atoms with van der Waals surface area (Å²) in [5.74, 6) is -0.433. The van der Waals surface area contributed by atoms with Crippen LogP contribution in [0.25, 0.3) is 0 Å². The zero-order valence-corrected chi connectivity index (χ0v) is 10.3. The van der Waals surface area contributed by atoms with Crippen LogP contribution >= 0.6 is 0 Å². The Bertz CT molecular complexity index is 437. The Hall–Kier alpha value is -1.46. The Morgan fingerprint density at radius 3 is 2.94 bits per heavy atom. The van der Waals surface area contributed by atoms with Gasteiger partial charge in [-0.15, -0.1) is 0 Å². The number of hydrogen-bond donors (Lipinski definition) is 1. The van der Waals surface area contributed by atoms with E-state index in [-0.39, 0.29) is 11.7 Å². The van der Waals surface area contributed by atoms with Crippen LogP contribution in [0.2, 0.25) is 0 Å². The quantitative estimate of drug-likeness (QED) is 0.856. The molecule has 98 valence electrons. The predicted octanol–water partition coefficient (Wildman–Crippen LogP) is 1.07. The summed E-state index contributed by atoms with van der Waals surface area (Å²) in [6.45, 7) is 2.90. The molecule has 0 spiro atoms. The number of amides is 1. The van der Waals surface area contributed by atoms with E-state index in [1.165, 1.54) is 6.07 Å². The third kappa shape index (κ3) is 2.68. The van der Waals surface area contributed by atoms with Crippen molar-refractivity contribution in [1.82, 2.24) is 4.90 Å². The van der Waals surface area contributed by atoms with Gasteiger partial charge < -0.3 is 15.4 Å². The van der Waals surface area contributed by atoms with Crippen molar-refractivity contribution >= 4 is 5.91 Å². The number of carbonyl (C=O) groups is 1. The monoisotopic (exact) mass is 252 g/mol. The van der Waals surface area contributed by atoms with E-state index < -0.39 is 12.1 Å². The van der Waals surface area contributed by atoms with Gasteiger partial charge in [-0.25, -0.2) is 4.39 Å². The lowest BCUT2D eigenvalue weighted by Gasteiger charge is -2.34. The normalized spacial score (nSPS) is 21.7. The second-order valence-electron chi connectivity index (χ2n) is 4.45. The van der Waals surface area contributed by atoms with Crippen molar-refractivity contribution in [3.63, 3.8) is 0 Å². The van der Waals surface area contributed by atoms with Crippen molar-refractivity contribution in [2.75, 3.05) is 19.7 Å². The molecule has 1 aromatic carbocycles. The number of morpholine rings is 1. The Balaban J connectivity index is 2.12. The van der Waals surface area contributed by atoms with Crippen molar-refractivity contribution in [3.8, 4) is 0 Å². The Labute approximate surface area is 106 Å². The highest BCUT2D eigenvalue weighted by atomic mass is 19.1. The van der Waals surface area contributed by atoms with Gasteiger partial charge in [-0.05, 0) is 13.0 Å². The fraction of sp³-hybridized carbons (Fsp3) is 0.462. The third-order valence-corrected chi connectivity index (χ3v) is 3.02. The molecule has 0 saturated carbocycles. The van der Waals surface area contributed by atoms with Gasteiger partial charge in [0.25, 0.3) is 0 Å². The first-order valence-electron chi connectivity index (χ1n) is 6.00. The van der Waals surface area contributed by atoms with Gasteiger partial charge in [0.1, 0.15) is 11.9 Å². The summed E-state index contributed by atoms with van der Waals surface area (Å²) in [5, 5.41) is 0. The van der Waals surface area contributed by atoms with Crippen LogP contribution in [0.4, 0.5) is 4.39 Å². The van der Waals surface area contributed by atoms with E-state index in [1.54, 1.807) is 30.0 Å². The number of nitrogens with zero attached hydrogens (tertiary/aromatic N) is 1. The Morgan fingerprint density at radius 1 is 1.56 bits per heavy atom. The van der Waals surface area contributed by atoms with Gasteiger partial charge >= 0.3 is 0 Å². The number of nitrogens with two attached hydrogens (primary N) is 1. The molecular weight excluding hydrogens is 235 g/mol. The van der Waals surface area contributed by atoms with E-state index in [2.05, 4.69) is 0 Å². The highest BCUT2D eigenvalue weighted by Gasteiger charge is 2.28. The second kappa shape index (κ2) is 5.46. The maximum absolute atomic E-state index is 13.7. The van der Waals surface area contributed by atoms with Gasteiger partial charge in [0.05, 0.1) is 19.2 Å². The molecule has 1 aliphatic heterocycles. The number of halogens is 1. The third-order valence-electron chi connectivity index (χ3n) is 3.02. The van der Waals surface area contributed by atoms with Crippen molar-refractivity contribution in [3.05, 3.63) is 35.6 Å². The fourth-order valence-corrected chi connectivity index (χ4v) is 2.06. The zero-order chi connectivity index (χ0) is 13.1. The summed E-state index contributed by atoms with van der Waals surface area (Å²) in [7, 11) is 0. The van der Waals surface area contributed by atoms with Crippen LogP contribution in [0.5, 0.6) is 0 Å². The molecular formula is C13H17FN2O2. The molecule has 18 heavy (non-hydrogen) atoms. The van der Waals surface area contributed by atoms with Crippen LogP contribution in [0.1, 0.15) is 18.6 Å². The predicted molar refractivity (Wildman–Crippen MR) is 65.3 cm³/mol.